The smallest absolute Gasteiger partial charge is 0.260 e. The van der Waals surface area contributed by atoms with Crippen LogP contribution in [-0.2, 0) is 4.79 Å². The Balaban J connectivity index is 1.78. The molecular formula is C19H28N2O3. The normalized spacial score (nSPS) is 17.3. The molecule has 24 heavy (non-hydrogen) atoms. The van der Waals surface area contributed by atoms with E-state index in [9.17, 15) is 9.59 Å². The van der Waals surface area contributed by atoms with Crippen LogP contribution in [0, 0.1) is 5.92 Å². The van der Waals surface area contributed by atoms with Gasteiger partial charge in [-0.3, -0.25) is 9.59 Å². The van der Waals surface area contributed by atoms with E-state index >= 15 is 0 Å². The van der Waals surface area contributed by atoms with Gasteiger partial charge in [-0.05, 0) is 64.4 Å². The number of ether oxygens (including phenoxy) is 1. The highest BCUT2D eigenvalue weighted by atomic mass is 16.5. The number of ketones is 1. The summed E-state index contributed by atoms with van der Waals surface area (Å²) >= 11 is 0. The molecule has 1 heterocycles. The van der Waals surface area contributed by atoms with Crippen molar-refractivity contribution in [3.63, 3.8) is 0 Å². The molecule has 1 N–H and O–H groups in total. The summed E-state index contributed by atoms with van der Waals surface area (Å²) < 4.78 is 5.67. The van der Waals surface area contributed by atoms with E-state index in [4.69, 9.17) is 4.74 Å². The molecule has 1 aromatic rings. The Bertz CT molecular complexity index is 565. The van der Waals surface area contributed by atoms with Gasteiger partial charge in [0.15, 0.2) is 11.9 Å². The zero-order valence-electron chi connectivity index (χ0n) is 14.9. The van der Waals surface area contributed by atoms with Crippen molar-refractivity contribution in [1.29, 1.82) is 0 Å². The summed E-state index contributed by atoms with van der Waals surface area (Å²) in [6.45, 7) is 9.46. The number of rotatable bonds is 7. The first-order valence-electron chi connectivity index (χ1n) is 8.77. The number of nitrogens with zero attached hydrogens (tertiary/aromatic N) is 1. The minimum absolute atomic E-state index is 0.0176. The standard InChI is InChI=1S/C19H28N2O3/c1-4-21-10-8-16(9-11-21)13-20-19(23)15(3)24-18-7-5-6-17(12-18)14(2)22/h5-7,12,15-16H,4,8-11,13H2,1-3H3,(H,20,23)/t15-/m0/s1. The predicted molar refractivity (Wildman–Crippen MR) is 94.4 cm³/mol. The number of hydrogen-bond donors (Lipinski definition) is 1. The second kappa shape index (κ2) is 8.83. The van der Waals surface area contributed by atoms with Crippen LogP contribution in [0.25, 0.3) is 0 Å². The van der Waals surface area contributed by atoms with Gasteiger partial charge in [0.25, 0.3) is 5.91 Å². The summed E-state index contributed by atoms with van der Waals surface area (Å²) in [5.41, 5.74) is 0.586. The third-order valence-corrected chi connectivity index (χ3v) is 4.64. The van der Waals surface area contributed by atoms with Crippen LogP contribution in [0.15, 0.2) is 24.3 Å². The van der Waals surface area contributed by atoms with Gasteiger partial charge in [0.1, 0.15) is 5.75 Å². The van der Waals surface area contributed by atoms with Gasteiger partial charge in [0.05, 0.1) is 0 Å². The number of carbonyl (C=O) groups is 2. The van der Waals surface area contributed by atoms with E-state index in [-0.39, 0.29) is 11.7 Å². The van der Waals surface area contributed by atoms with Crippen LogP contribution in [0.5, 0.6) is 5.75 Å². The van der Waals surface area contributed by atoms with Crippen molar-refractivity contribution in [2.45, 2.75) is 39.7 Å². The van der Waals surface area contributed by atoms with Gasteiger partial charge in [-0.2, -0.15) is 0 Å². The van der Waals surface area contributed by atoms with Gasteiger partial charge in [0.2, 0.25) is 0 Å². The number of carbonyl (C=O) groups excluding carboxylic acids is 2. The van der Waals surface area contributed by atoms with Crippen LogP contribution >= 0.6 is 0 Å². The van der Waals surface area contributed by atoms with Crippen LogP contribution < -0.4 is 10.1 Å². The number of hydrogen-bond acceptors (Lipinski definition) is 4. The molecule has 1 saturated heterocycles. The topological polar surface area (TPSA) is 58.6 Å². The maximum absolute atomic E-state index is 12.2. The Morgan fingerprint density at radius 1 is 1.33 bits per heavy atom. The zero-order chi connectivity index (χ0) is 17.5. The highest BCUT2D eigenvalue weighted by molar-refractivity contribution is 5.94. The monoisotopic (exact) mass is 332 g/mol. The fourth-order valence-corrected chi connectivity index (χ4v) is 2.94. The number of piperidine rings is 1. The van der Waals surface area contributed by atoms with Crippen molar-refractivity contribution in [1.82, 2.24) is 10.2 Å². The summed E-state index contributed by atoms with van der Waals surface area (Å²) in [5.74, 6) is 0.962. The maximum atomic E-state index is 12.2. The second-order valence-corrected chi connectivity index (χ2v) is 6.47. The summed E-state index contributed by atoms with van der Waals surface area (Å²) in [6.07, 6.45) is 1.68. The average molecular weight is 332 g/mol. The van der Waals surface area contributed by atoms with E-state index in [1.807, 2.05) is 0 Å². The first-order chi connectivity index (χ1) is 11.5. The van der Waals surface area contributed by atoms with E-state index in [1.54, 1.807) is 31.2 Å². The van der Waals surface area contributed by atoms with Gasteiger partial charge in [-0.1, -0.05) is 19.1 Å². The van der Waals surface area contributed by atoms with Gasteiger partial charge in [-0.15, -0.1) is 0 Å². The SMILES string of the molecule is CCN1CCC(CNC(=O)[C@H](C)Oc2cccc(C(C)=O)c2)CC1. The van der Waals surface area contributed by atoms with Gasteiger partial charge >= 0.3 is 0 Å². The summed E-state index contributed by atoms with van der Waals surface area (Å²) in [6, 6.07) is 6.93. The molecule has 0 unspecified atom stereocenters. The molecule has 132 valence electrons. The molecule has 5 nitrogen and oxygen atoms in total. The maximum Gasteiger partial charge on any atom is 0.260 e. The molecule has 5 heteroatoms. The van der Waals surface area contributed by atoms with E-state index in [2.05, 4.69) is 17.1 Å². The van der Waals surface area contributed by atoms with Gasteiger partial charge < -0.3 is 15.0 Å². The van der Waals surface area contributed by atoms with Crippen molar-refractivity contribution >= 4 is 11.7 Å². The minimum atomic E-state index is -0.581. The zero-order valence-corrected chi connectivity index (χ0v) is 14.9. The molecule has 0 spiro atoms. The highest BCUT2D eigenvalue weighted by Gasteiger charge is 2.20. The van der Waals surface area contributed by atoms with Gasteiger partial charge in [-0.25, -0.2) is 0 Å². The number of nitrogens with one attached hydrogen (secondary N) is 1. The third kappa shape index (κ3) is 5.34. The molecule has 0 aromatic heterocycles. The third-order valence-electron chi connectivity index (χ3n) is 4.64. The molecule has 1 aliphatic heterocycles. The first-order valence-corrected chi connectivity index (χ1v) is 8.77. The Labute approximate surface area is 144 Å². The van der Waals surface area contributed by atoms with Crippen molar-refractivity contribution in [2.24, 2.45) is 5.92 Å². The lowest BCUT2D eigenvalue weighted by Crippen LogP contribution is -2.42. The van der Waals surface area contributed by atoms with Crippen LogP contribution in [0.3, 0.4) is 0 Å². The first kappa shape index (κ1) is 18.5. The van der Waals surface area contributed by atoms with E-state index in [0.717, 1.165) is 32.5 Å². The van der Waals surface area contributed by atoms with Crippen LogP contribution in [0.2, 0.25) is 0 Å². The number of amides is 1. The number of benzene rings is 1. The van der Waals surface area contributed by atoms with Crippen LogP contribution in [-0.4, -0.2) is 48.9 Å². The number of Topliss-reactive ketones (excluding diaryl/α,β-unsaturated/α-hetero) is 1. The Kier molecular flexibility index (Phi) is 6.79. The quantitative estimate of drug-likeness (QED) is 0.780. The largest absolute Gasteiger partial charge is 0.481 e. The molecule has 1 amide bonds. The second-order valence-electron chi connectivity index (χ2n) is 6.47. The molecule has 0 saturated carbocycles. The van der Waals surface area contributed by atoms with E-state index in [1.165, 1.54) is 6.92 Å². The van der Waals surface area contributed by atoms with Crippen molar-refractivity contribution in [2.75, 3.05) is 26.2 Å². The lowest BCUT2D eigenvalue weighted by Gasteiger charge is -2.31. The highest BCUT2D eigenvalue weighted by Crippen LogP contribution is 2.17. The van der Waals surface area contributed by atoms with E-state index < -0.39 is 6.10 Å². The Morgan fingerprint density at radius 2 is 2.04 bits per heavy atom. The molecule has 0 radical (unpaired) electrons. The minimum Gasteiger partial charge on any atom is -0.481 e. The molecule has 2 rings (SSSR count). The lowest BCUT2D eigenvalue weighted by atomic mass is 9.97. The average Bonchev–Trinajstić information content (AvgIpc) is 2.60. The van der Waals surface area contributed by atoms with Crippen LogP contribution in [0.4, 0.5) is 0 Å². The molecule has 0 bridgehead atoms. The van der Waals surface area contributed by atoms with Crippen molar-refractivity contribution in [3.8, 4) is 5.75 Å². The molecule has 1 aromatic carbocycles. The number of likely N-dealkylation sites (tertiary alicyclic amines) is 1. The Hall–Kier alpha value is -1.88. The summed E-state index contributed by atoms with van der Waals surface area (Å²) in [5, 5.41) is 2.99. The fraction of sp³-hybridized carbons (Fsp3) is 0.579. The van der Waals surface area contributed by atoms with E-state index in [0.29, 0.717) is 23.8 Å². The molecule has 1 aliphatic rings. The van der Waals surface area contributed by atoms with Crippen molar-refractivity contribution in [3.05, 3.63) is 29.8 Å². The molecule has 0 aliphatic carbocycles. The Morgan fingerprint density at radius 3 is 2.67 bits per heavy atom. The molecule has 1 fully saturated rings. The fourth-order valence-electron chi connectivity index (χ4n) is 2.94. The predicted octanol–water partition coefficient (Wildman–Crippen LogP) is 2.50. The summed E-state index contributed by atoms with van der Waals surface area (Å²) in [7, 11) is 0. The summed E-state index contributed by atoms with van der Waals surface area (Å²) in [4.78, 5) is 26.1. The molecular weight excluding hydrogens is 304 g/mol. The van der Waals surface area contributed by atoms with Gasteiger partial charge in [0, 0.05) is 12.1 Å². The molecule has 1 atom stereocenters. The van der Waals surface area contributed by atoms with Crippen LogP contribution in [0.1, 0.15) is 44.0 Å². The van der Waals surface area contributed by atoms with Crippen molar-refractivity contribution < 1.29 is 14.3 Å². The lowest BCUT2D eigenvalue weighted by molar-refractivity contribution is -0.127.